The zero-order chi connectivity index (χ0) is 32.7. The predicted octanol–water partition coefficient (Wildman–Crippen LogP) is 12.1. The van der Waals surface area contributed by atoms with Gasteiger partial charge in [-0.3, -0.25) is 4.79 Å². The van der Waals surface area contributed by atoms with Crippen molar-refractivity contribution in [1.29, 1.82) is 0 Å². The Hall–Kier alpha value is -1.91. The summed E-state index contributed by atoms with van der Waals surface area (Å²) < 4.78 is 11.1. The highest BCUT2D eigenvalue weighted by molar-refractivity contribution is 5.69. The second-order valence-electron chi connectivity index (χ2n) is 12.3. The maximum Gasteiger partial charge on any atom is 0.306 e. The standard InChI is InChI=1S/C41H72O4/c1-3-5-7-9-11-13-15-17-19-20-21-22-23-24-26-28-30-32-34-36-41(43)45-40(38-42)39-44-37-35-33-31-29-27-25-18-16-14-12-10-8-6-4-2/h5,7,11,13-14,16-17,19,21-22,40,42H,3-4,6,8-10,12,15,18,20,23-39H2,1-2H3/b7-5-,13-11-,16-14-,19-17-,22-21-. The van der Waals surface area contributed by atoms with Crippen LogP contribution in [-0.4, -0.2) is 37.0 Å². The summed E-state index contributed by atoms with van der Waals surface area (Å²) in [4.78, 5) is 12.2. The smallest absolute Gasteiger partial charge is 0.306 e. The van der Waals surface area contributed by atoms with Crippen molar-refractivity contribution >= 4 is 5.97 Å². The summed E-state index contributed by atoms with van der Waals surface area (Å²) in [5, 5.41) is 9.56. The minimum atomic E-state index is -0.546. The average Bonchev–Trinajstić information content (AvgIpc) is 3.05. The van der Waals surface area contributed by atoms with Crippen LogP contribution in [0, 0.1) is 0 Å². The van der Waals surface area contributed by atoms with Gasteiger partial charge in [-0.25, -0.2) is 0 Å². The van der Waals surface area contributed by atoms with Gasteiger partial charge in [-0.2, -0.15) is 0 Å². The van der Waals surface area contributed by atoms with E-state index in [1.54, 1.807) is 0 Å². The van der Waals surface area contributed by atoms with E-state index in [2.05, 4.69) is 74.6 Å². The molecule has 0 rings (SSSR count). The summed E-state index contributed by atoms with van der Waals surface area (Å²) in [6, 6.07) is 0. The second kappa shape index (κ2) is 38.3. The minimum absolute atomic E-state index is 0.182. The molecule has 0 aliphatic heterocycles. The largest absolute Gasteiger partial charge is 0.457 e. The monoisotopic (exact) mass is 629 g/mol. The highest BCUT2D eigenvalue weighted by atomic mass is 16.6. The van der Waals surface area contributed by atoms with Crippen molar-refractivity contribution in [3.63, 3.8) is 0 Å². The van der Waals surface area contributed by atoms with Gasteiger partial charge >= 0.3 is 5.97 Å². The Morgan fingerprint density at radius 3 is 1.53 bits per heavy atom. The Labute approximate surface area is 279 Å². The first-order valence-corrected chi connectivity index (χ1v) is 18.9. The molecule has 0 aromatic rings. The Morgan fingerprint density at radius 1 is 0.556 bits per heavy atom. The lowest BCUT2D eigenvalue weighted by molar-refractivity contribution is -0.154. The first-order chi connectivity index (χ1) is 22.2. The molecule has 1 unspecified atom stereocenters. The lowest BCUT2D eigenvalue weighted by atomic mass is 10.1. The summed E-state index contributed by atoms with van der Waals surface area (Å²) in [5.74, 6) is -0.219. The van der Waals surface area contributed by atoms with Gasteiger partial charge in [-0.15, -0.1) is 0 Å². The van der Waals surface area contributed by atoms with E-state index in [1.807, 2.05) is 0 Å². The zero-order valence-corrected chi connectivity index (χ0v) is 29.6. The molecule has 0 aromatic heterocycles. The summed E-state index contributed by atoms with van der Waals surface area (Å²) >= 11 is 0. The minimum Gasteiger partial charge on any atom is -0.457 e. The number of aliphatic hydroxyl groups excluding tert-OH is 1. The normalized spacial score (nSPS) is 13.0. The lowest BCUT2D eigenvalue weighted by Gasteiger charge is -2.15. The van der Waals surface area contributed by atoms with E-state index >= 15 is 0 Å². The van der Waals surface area contributed by atoms with Gasteiger partial charge in [0.05, 0.1) is 13.2 Å². The van der Waals surface area contributed by atoms with Crippen molar-refractivity contribution in [3.8, 4) is 0 Å². The molecule has 0 saturated heterocycles. The number of carbonyl (C=O) groups excluding carboxylic acids is 1. The molecule has 0 aliphatic rings. The van der Waals surface area contributed by atoms with E-state index in [4.69, 9.17) is 9.47 Å². The van der Waals surface area contributed by atoms with Crippen molar-refractivity contribution in [1.82, 2.24) is 0 Å². The van der Waals surface area contributed by atoms with Crippen LogP contribution in [0.5, 0.6) is 0 Å². The number of unbranched alkanes of at least 4 members (excludes halogenated alkanes) is 16. The third kappa shape index (κ3) is 36.4. The maximum absolute atomic E-state index is 12.2. The highest BCUT2D eigenvalue weighted by Crippen LogP contribution is 2.11. The number of allylic oxidation sites excluding steroid dienone is 10. The number of esters is 1. The number of hydrogen-bond acceptors (Lipinski definition) is 4. The van der Waals surface area contributed by atoms with E-state index in [-0.39, 0.29) is 19.2 Å². The van der Waals surface area contributed by atoms with Gasteiger partial charge in [0.1, 0.15) is 6.10 Å². The maximum atomic E-state index is 12.2. The van der Waals surface area contributed by atoms with Crippen LogP contribution in [0.2, 0.25) is 0 Å². The molecular formula is C41H72O4. The van der Waals surface area contributed by atoms with Crippen LogP contribution in [0.1, 0.15) is 168 Å². The van der Waals surface area contributed by atoms with Gasteiger partial charge in [0, 0.05) is 13.0 Å². The summed E-state index contributed by atoms with van der Waals surface area (Å²) in [5.41, 5.74) is 0. The van der Waals surface area contributed by atoms with Crippen molar-refractivity contribution in [2.24, 2.45) is 0 Å². The Kier molecular flexibility index (Phi) is 36.6. The molecule has 4 nitrogen and oxygen atoms in total. The van der Waals surface area contributed by atoms with Gasteiger partial charge < -0.3 is 14.6 Å². The van der Waals surface area contributed by atoms with Crippen LogP contribution in [0.15, 0.2) is 60.8 Å². The molecule has 0 aliphatic carbocycles. The van der Waals surface area contributed by atoms with Crippen molar-refractivity contribution in [2.45, 2.75) is 174 Å². The topological polar surface area (TPSA) is 55.8 Å². The molecule has 0 spiro atoms. The van der Waals surface area contributed by atoms with Crippen molar-refractivity contribution in [2.75, 3.05) is 19.8 Å². The van der Waals surface area contributed by atoms with Gasteiger partial charge in [0.25, 0.3) is 0 Å². The molecule has 0 saturated carbocycles. The summed E-state index contributed by atoms with van der Waals surface area (Å²) in [6.45, 7) is 5.18. The van der Waals surface area contributed by atoms with Crippen molar-refractivity contribution in [3.05, 3.63) is 60.8 Å². The van der Waals surface area contributed by atoms with Crippen LogP contribution >= 0.6 is 0 Å². The molecule has 0 fully saturated rings. The Bertz CT molecular complexity index is 749. The number of carbonyl (C=O) groups is 1. The van der Waals surface area contributed by atoms with Gasteiger partial charge in [-0.1, -0.05) is 145 Å². The van der Waals surface area contributed by atoms with Crippen LogP contribution in [0.3, 0.4) is 0 Å². The lowest BCUT2D eigenvalue weighted by Crippen LogP contribution is -2.27. The molecule has 0 aromatic carbocycles. The summed E-state index contributed by atoms with van der Waals surface area (Å²) in [7, 11) is 0. The van der Waals surface area contributed by atoms with Crippen LogP contribution in [-0.2, 0) is 14.3 Å². The number of aliphatic hydroxyl groups is 1. The molecule has 1 atom stereocenters. The fourth-order valence-electron chi connectivity index (χ4n) is 5.02. The van der Waals surface area contributed by atoms with Crippen molar-refractivity contribution < 1.29 is 19.4 Å². The molecule has 0 heterocycles. The molecule has 4 heteroatoms. The van der Waals surface area contributed by atoms with Gasteiger partial charge in [-0.05, 0) is 77.0 Å². The second-order valence-corrected chi connectivity index (χ2v) is 12.3. The van der Waals surface area contributed by atoms with E-state index < -0.39 is 6.10 Å². The quantitative estimate of drug-likeness (QED) is 0.0437. The fraction of sp³-hybridized carbons (Fsp3) is 0.732. The Balaban J connectivity index is 3.51. The highest BCUT2D eigenvalue weighted by Gasteiger charge is 2.13. The molecule has 0 radical (unpaired) electrons. The predicted molar refractivity (Wildman–Crippen MR) is 196 cm³/mol. The third-order valence-electron chi connectivity index (χ3n) is 7.83. The van der Waals surface area contributed by atoms with E-state index in [9.17, 15) is 9.90 Å². The number of hydrogen-bond donors (Lipinski definition) is 1. The molecule has 0 amide bonds. The molecule has 1 N–H and O–H groups in total. The number of ether oxygens (including phenoxy) is 2. The van der Waals surface area contributed by atoms with E-state index in [1.165, 1.54) is 89.9 Å². The van der Waals surface area contributed by atoms with Gasteiger partial charge in [0.2, 0.25) is 0 Å². The SMILES string of the molecule is CC/C=C\C/C=C\C/C=C\C/C=C\CCCCCCCCC(=O)OC(CO)COCCCCCCCC/C=C\CCCCCC. The fourth-order valence-corrected chi connectivity index (χ4v) is 5.02. The Morgan fingerprint density at radius 2 is 1.00 bits per heavy atom. The van der Waals surface area contributed by atoms with Gasteiger partial charge in [0.15, 0.2) is 0 Å². The first kappa shape index (κ1) is 43.1. The molecule has 0 bridgehead atoms. The third-order valence-corrected chi connectivity index (χ3v) is 7.83. The zero-order valence-electron chi connectivity index (χ0n) is 29.6. The summed E-state index contributed by atoms with van der Waals surface area (Å²) in [6.07, 6.45) is 49.7. The van der Waals surface area contributed by atoms with E-state index in [0.29, 0.717) is 13.0 Å². The van der Waals surface area contributed by atoms with E-state index in [0.717, 1.165) is 57.8 Å². The first-order valence-electron chi connectivity index (χ1n) is 18.9. The van der Waals surface area contributed by atoms with Crippen LogP contribution in [0.4, 0.5) is 0 Å². The average molecular weight is 629 g/mol. The van der Waals surface area contributed by atoms with Crippen LogP contribution < -0.4 is 0 Å². The molecular weight excluding hydrogens is 556 g/mol. The van der Waals surface area contributed by atoms with Crippen LogP contribution in [0.25, 0.3) is 0 Å². The molecule has 45 heavy (non-hydrogen) atoms. The number of rotatable bonds is 34. The molecule has 260 valence electrons.